The van der Waals surface area contributed by atoms with E-state index in [0.29, 0.717) is 17.4 Å². The molecule has 2 heterocycles. The van der Waals surface area contributed by atoms with Gasteiger partial charge in [0.25, 0.3) is 0 Å². The number of nitrogens with one attached hydrogen (secondary N) is 2. The maximum atomic E-state index is 8.96. The van der Waals surface area contributed by atoms with Gasteiger partial charge in [0.1, 0.15) is 5.82 Å². The third kappa shape index (κ3) is 2.67. The van der Waals surface area contributed by atoms with Gasteiger partial charge in [0.15, 0.2) is 5.65 Å². The van der Waals surface area contributed by atoms with Crippen LogP contribution in [0.3, 0.4) is 0 Å². The number of hydrogen-bond acceptors (Lipinski definition) is 6. The molecule has 0 aliphatic rings. The van der Waals surface area contributed by atoms with Crippen LogP contribution in [0.15, 0.2) is 6.20 Å². The molecule has 0 aliphatic carbocycles. The van der Waals surface area contributed by atoms with Gasteiger partial charge >= 0.3 is 0 Å². The number of aliphatic hydroxyl groups excluding tert-OH is 1. The quantitative estimate of drug-likeness (QED) is 0.602. The zero-order valence-electron chi connectivity index (χ0n) is 10.3. The second-order valence-corrected chi connectivity index (χ2v) is 4.23. The van der Waals surface area contributed by atoms with Crippen LogP contribution in [0.4, 0.5) is 11.8 Å². The predicted molar refractivity (Wildman–Crippen MR) is 70.1 cm³/mol. The Balaban J connectivity index is 2.13. The van der Waals surface area contributed by atoms with Crippen LogP contribution in [0.2, 0.25) is 0 Å². The fourth-order valence-electron chi connectivity index (χ4n) is 1.86. The highest BCUT2D eigenvalue weighted by Gasteiger charge is 2.10. The highest BCUT2D eigenvalue weighted by molar-refractivity contribution is 5.86. The molecular formula is C11H18N6O. The zero-order valence-corrected chi connectivity index (χ0v) is 10.3. The summed E-state index contributed by atoms with van der Waals surface area (Å²) in [6.07, 6.45) is 3.45. The van der Waals surface area contributed by atoms with Crippen LogP contribution in [0, 0.1) is 5.92 Å². The normalized spacial score (nSPS) is 12.8. The highest BCUT2D eigenvalue weighted by atomic mass is 16.3. The number of nitrogens with zero attached hydrogens (tertiary/aromatic N) is 3. The van der Waals surface area contributed by atoms with Gasteiger partial charge in [-0.25, -0.2) is 0 Å². The van der Waals surface area contributed by atoms with E-state index in [2.05, 4.69) is 32.4 Å². The molecule has 1 unspecified atom stereocenters. The van der Waals surface area contributed by atoms with Gasteiger partial charge in [-0.15, -0.1) is 0 Å². The molecule has 0 aromatic carbocycles. The molecule has 0 aliphatic heterocycles. The van der Waals surface area contributed by atoms with E-state index in [1.807, 2.05) is 0 Å². The third-order valence-corrected chi connectivity index (χ3v) is 3.00. The van der Waals surface area contributed by atoms with Crippen molar-refractivity contribution >= 4 is 22.8 Å². The molecule has 0 amide bonds. The second kappa shape index (κ2) is 5.63. The number of nitrogens with two attached hydrogens (primary N) is 1. The number of anilines is 2. The topological polar surface area (TPSA) is 113 Å². The summed E-state index contributed by atoms with van der Waals surface area (Å²) in [5, 5.41) is 19.7. The number of hydrogen-bond donors (Lipinski definition) is 4. The highest BCUT2D eigenvalue weighted by Crippen LogP contribution is 2.19. The molecule has 7 nitrogen and oxygen atoms in total. The molecule has 0 fully saturated rings. The van der Waals surface area contributed by atoms with E-state index in [-0.39, 0.29) is 12.6 Å². The summed E-state index contributed by atoms with van der Waals surface area (Å²) in [6, 6.07) is 0. The second-order valence-electron chi connectivity index (χ2n) is 4.23. The van der Waals surface area contributed by atoms with Gasteiger partial charge in [0, 0.05) is 13.2 Å². The van der Waals surface area contributed by atoms with Crippen LogP contribution >= 0.6 is 0 Å². The van der Waals surface area contributed by atoms with Crippen molar-refractivity contribution in [2.24, 2.45) is 5.92 Å². The average molecular weight is 250 g/mol. The van der Waals surface area contributed by atoms with Gasteiger partial charge in [-0.1, -0.05) is 13.3 Å². The molecule has 1 atom stereocenters. The Hall–Kier alpha value is -1.89. The number of aromatic nitrogens is 4. The Morgan fingerprint density at radius 3 is 3.06 bits per heavy atom. The Bertz CT molecular complexity index is 511. The number of H-pyrrole nitrogens is 1. The predicted octanol–water partition coefficient (Wildman–Crippen LogP) is 0.756. The summed E-state index contributed by atoms with van der Waals surface area (Å²) >= 11 is 0. The van der Waals surface area contributed by atoms with Crippen molar-refractivity contribution in [2.45, 2.75) is 19.8 Å². The van der Waals surface area contributed by atoms with Gasteiger partial charge in [0.05, 0.1) is 11.6 Å². The molecular weight excluding hydrogens is 232 g/mol. The van der Waals surface area contributed by atoms with E-state index in [4.69, 9.17) is 10.8 Å². The van der Waals surface area contributed by atoms with Crippen molar-refractivity contribution in [1.82, 2.24) is 20.2 Å². The fourth-order valence-corrected chi connectivity index (χ4v) is 1.86. The summed E-state index contributed by atoms with van der Waals surface area (Å²) in [4.78, 5) is 8.22. The van der Waals surface area contributed by atoms with Gasteiger partial charge in [-0.3, -0.25) is 5.10 Å². The van der Waals surface area contributed by atoms with Crippen LogP contribution in [0.1, 0.15) is 19.8 Å². The van der Waals surface area contributed by atoms with Crippen LogP contribution in [0.5, 0.6) is 0 Å². The Labute approximate surface area is 105 Å². The fraction of sp³-hybridized carbons (Fsp3) is 0.545. The zero-order chi connectivity index (χ0) is 13.0. The Morgan fingerprint density at radius 1 is 1.50 bits per heavy atom. The van der Waals surface area contributed by atoms with Gasteiger partial charge in [-0.05, 0) is 12.3 Å². The lowest BCUT2D eigenvalue weighted by molar-refractivity contribution is 0.258. The number of aromatic amines is 1. The minimum absolute atomic E-state index is 0.202. The molecule has 2 aromatic heterocycles. The van der Waals surface area contributed by atoms with Gasteiger partial charge in [-0.2, -0.15) is 15.1 Å². The SMILES string of the molecule is CCC(CCO)CNc1nc(N)nc2[nH]ncc12. The molecule has 0 radical (unpaired) electrons. The van der Waals surface area contributed by atoms with Crippen molar-refractivity contribution in [2.75, 3.05) is 24.2 Å². The number of aliphatic hydroxyl groups is 1. The summed E-state index contributed by atoms with van der Waals surface area (Å²) in [7, 11) is 0. The molecule has 5 N–H and O–H groups in total. The first-order chi connectivity index (χ1) is 8.74. The van der Waals surface area contributed by atoms with Crippen molar-refractivity contribution in [3.05, 3.63) is 6.20 Å². The van der Waals surface area contributed by atoms with Gasteiger partial charge < -0.3 is 16.2 Å². The summed E-state index contributed by atoms with van der Waals surface area (Å²) in [5.74, 6) is 1.31. The average Bonchev–Trinajstić information content (AvgIpc) is 2.82. The van der Waals surface area contributed by atoms with Crippen LogP contribution in [0.25, 0.3) is 11.0 Å². The smallest absolute Gasteiger partial charge is 0.224 e. The van der Waals surface area contributed by atoms with Crippen molar-refractivity contribution < 1.29 is 5.11 Å². The van der Waals surface area contributed by atoms with Gasteiger partial charge in [0.2, 0.25) is 5.95 Å². The summed E-state index contributed by atoms with van der Waals surface area (Å²) in [5.41, 5.74) is 6.26. The van der Waals surface area contributed by atoms with E-state index >= 15 is 0 Å². The summed E-state index contributed by atoms with van der Waals surface area (Å²) < 4.78 is 0. The molecule has 0 saturated carbocycles. The molecule has 2 aromatic rings. The van der Waals surface area contributed by atoms with Crippen molar-refractivity contribution in [3.63, 3.8) is 0 Å². The minimum atomic E-state index is 0.202. The lowest BCUT2D eigenvalue weighted by Gasteiger charge is -2.15. The molecule has 0 spiro atoms. The number of rotatable bonds is 6. The Kier molecular flexibility index (Phi) is 3.93. The van der Waals surface area contributed by atoms with Crippen LogP contribution < -0.4 is 11.1 Å². The van der Waals surface area contributed by atoms with E-state index < -0.39 is 0 Å². The standard InChI is InChI=1S/C11H18N6O/c1-2-7(3-4-18)5-13-9-8-6-14-17-10(8)16-11(12)15-9/h6-7,18H,2-5H2,1H3,(H4,12,13,14,15,16,17). The van der Waals surface area contributed by atoms with E-state index in [1.165, 1.54) is 0 Å². The maximum absolute atomic E-state index is 8.96. The molecule has 7 heteroatoms. The number of nitrogen functional groups attached to an aromatic ring is 1. The molecule has 18 heavy (non-hydrogen) atoms. The summed E-state index contributed by atoms with van der Waals surface area (Å²) in [6.45, 7) is 3.05. The van der Waals surface area contributed by atoms with Crippen molar-refractivity contribution in [1.29, 1.82) is 0 Å². The first kappa shape index (κ1) is 12.6. The lowest BCUT2D eigenvalue weighted by atomic mass is 10.0. The minimum Gasteiger partial charge on any atom is -0.396 e. The third-order valence-electron chi connectivity index (χ3n) is 3.00. The van der Waals surface area contributed by atoms with Crippen molar-refractivity contribution in [3.8, 4) is 0 Å². The monoisotopic (exact) mass is 250 g/mol. The van der Waals surface area contributed by atoms with E-state index in [1.54, 1.807) is 6.20 Å². The largest absolute Gasteiger partial charge is 0.396 e. The Morgan fingerprint density at radius 2 is 2.33 bits per heavy atom. The maximum Gasteiger partial charge on any atom is 0.224 e. The molecule has 0 saturated heterocycles. The van der Waals surface area contributed by atoms with E-state index in [0.717, 1.165) is 24.8 Å². The van der Waals surface area contributed by atoms with E-state index in [9.17, 15) is 0 Å². The molecule has 0 bridgehead atoms. The molecule has 2 rings (SSSR count). The van der Waals surface area contributed by atoms with Crippen LogP contribution in [-0.2, 0) is 0 Å². The lowest BCUT2D eigenvalue weighted by Crippen LogP contribution is -2.16. The number of fused-ring (bicyclic) bond motifs is 1. The van der Waals surface area contributed by atoms with Crippen LogP contribution in [-0.4, -0.2) is 38.4 Å². The molecule has 98 valence electrons. The first-order valence-electron chi connectivity index (χ1n) is 6.06. The first-order valence-corrected chi connectivity index (χ1v) is 6.06.